The molecule has 2 heterocycles. The van der Waals surface area contributed by atoms with Crippen molar-refractivity contribution in [1.29, 1.82) is 0 Å². The van der Waals surface area contributed by atoms with Gasteiger partial charge in [0.2, 0.25) is 0 Å². The van der Waals surface area contributed by atoms with Crippen LogP contribution in [-0.4, -0.2) is 29.1 Å². The molecular weight excluding hydrogens is 385 g/mol. The van der Waals surface area contributed by atoms with Gasteiger partial charge < -0.3 is 14.2 Å². The average Bonchev–Trinajstić information content (AvgIpc) is 3.37. The molecule has 1 aromatic heterocycles. The fraction of sp³-hybridized carbons (Fsp3) is 0.238. The number of ether oxygens (including phenoxy) is 1. The van der Waals surface area contributed by atoms with Crippen molar-refractivity contribution in [2.45, 2.75) is 18.9 Å². The molecule has 0 saturated carbocycles. The van der Waals surface area contributed by atoms with Crippen LogP contribution in [0.1, 0.15) is 34.2 Å². The van der Waals surface area contributed by atoms with Crippen LogP contribution in [0.2, 0.25) is 0 Å². The minimum absolute atomic E-state index is 0.0729. The first-order valence-electron chi connectivity index (χ1n) is 9.08. The molecule has 3 aromatic rings. The summed E-state index contributed by atoms with van der Waals surface area (Å²) in [6, 6.07) is 10.9. The first-order chi connectivity index (χ1) is 14.0. The Balaban J connectivity index is 1.38. The van der Waals surface area contributed by atoms with E-state index in [1.807, 2.05) is 0 Å². The number of aromatic nitrogens is 1. The molecule has 0 unspecified atom stereocenters. The van der Waals surface area contributed by atoms with Crippen LogP contribution < -0.4 is 4.74 Å². The lowest BCUT2D eigenvalue weighted by Gasteiger charge is -2.15. The van der Waals surface area contributed by atoms with Gasteiger partial charge in [-0.3, -0.25) is 4.79 Å². The lowest BCUT2D eigenvalue weighted by Crippen LogP contribution is -2.28. The molecule has 0 aliphatic carbocycles. The monoisotopic (exact) mass is 402 g/mol. The van der Waals surface area contributed by atoms with Crippen molar-refractivity contribution in [1.82, 2.24) is 10.1 Å². The van der Waals surface area contributed by atoms with Gasteiger partial charge in [0.05, 0.1) is 0 Å². The third-order valence-corrected chi connectivity index (χ3v) is 4.86. The summed E-state index contributed by atoms with van der Waals surface area (Å²) in [5.74, 6) is -2.13. The molecule has 0 N–H and O–H groups in total. The van der Waals surface area contributed by atoms with Gasteiger partial charge in [0.1, 0.15) is 18.2 Å². The van der Waals surface area contributed by atoms with E-state index in [2.05, 4.69) is 5.16 Å². The number of amides is 1. The van der Waals surface area contributed by atoms with Crippen LogP contribution in [0.5, 0.6) is 5.75 Å². The summed E-state index contributed by atoms with van der Waals surface area (Å²) in [7, 11) is 0. The molecule has 4 rings (SSSR count). The Bertz CT molecular complexity index is 1040. The minimum atomic E-state index is -0.836. The Hall–Kier alpha value is -3.29. The van der Waals surface area contributed by atoms with Crippen LogP contribution in [0.25, 0.3) is 0 Å². The summed E-state index contributed by atoms with van der Waals surface area (Å²) in [6.07, 6.45) is 0.657. The molecule has 1 amide bonds. The molecule has 29 heavy (non-hydrogen) atoms. The Morgan fingerprint density at radius 2 is 1.97 bits per heavy atom. The highest BCUT2D eigenvalue weighted by Gasteiger charge is 2.30. The zero-order valence-electron chi connectivity index (χ0n) is 15.3. The molecule has 1 aliphatic rings. The van der Waals surface area contributed by atoms with E-state index >= 15 is 0 Å². The lowest BCUT2D eigenvalue weighted by molar-refractivity contribution is 0.0780. The van der Waals surface area contributed by atoms with E-state index in [-0.39, 0.29) is 41.5 Å². The highest BCUT2D eigenvalue weighted by molar-refractivity contribution is 5.92. The van der Waals surface area contributed by atoms with Crippen LogP contribution in [0.3, 0.4) is 0 Å². The predicted molar refractivity (Wildman–Crippen MR) is 96.9 cm³/mol. The highest BCUT2D eigenvalue weighted by atomic mass is 19.1. The number of halogens is 3. The quantitative estimate of drug-likeness (QED) is 0.639. The van der Waals surface area contributed by atoms with Gasteiger partial charge >= 0.3 is 0 Å². The maximum Gasteiger partial charge on any atom is 0.276 e. The fourth-order valence-electron chi connectivity index (χ4n) is 3.39. The zero-order valence-corrected chi connectivity index (χ0v) is 15.3. The van der Waals surface area contributed by atoms with Gasteiger partial charge in [-0.05, 0) is 30.2 Å². The van der Waals surface area contributed by atoms with E-state index in [0.29, 0.717) is 31.1 Å². The summed E-state index contributed by atoms with van der Waals surface area (Å²) in [6.45, 7) is 0.706. The van der Waals surface area contributed by atoms with Crippen molar-refractivity contribution in [3.8, 4) is 5.75 Å². The number of hydrogen-bond donors (Lipinski definition) is 0. The average molecular weight is 402 g/mol. The minimum Gasteiger partial charge on any atom is -0.482 e. The second-order valence-corrected chi connectivity index (χ2v) is 6.80. The molecular formula is C21H17F3N2O3. The van der Waals surface area contributed by atoms with Crippen molar-refractivity contribution in [2.24, 2.45) is 0 Å². The van der Waals surface area contributed by atoms with E-state index in [9.17, 15) is 18.0 Å². The van der Waals surface area contributed by atoms with Gasteiger partial charge in [0.25, 0.3) is 5.91 Å². The second kappa shape index (κ2) is 7.98. The molecule has 150 valence electrons. The number of likely N-dealkylation sites (tertiary alicyclic amines) is 1. The Morgan fingerprint density at radius 1 is 1.14 bits per heavy atom. The van der Waals surface area contributed by atoms with Crippen molar-refractivity contribution >= 4 is 5.91 Å². The van der Waals surface area contributed by atoms with E-state index in [1.54, 1.807) is 23.1 Å². The van der Waals surface area contributed by atoms with Crippen LogP contribution >= 0.6 is 0 Å². The van der Waals surface area contributed by atoms with Crippen molar-refractivity contribution in [3.05, 3.63) is 83.0 Å². The van der Waals surface area contributed by atoms with E-state index in [0.717, 1.165) is 6.07 Å². The summed E-state index contributed by atoms with van der Waals surface area (Å²) < 4.78 is 50.8. The third kappa shape index (κ3) is 4.11. The molecule has 2 aromatic carbocycles. The summed E-state index contributed by atoms with van der Waals surface area (Å²) in [4.78, 5) is 14.3. The van der Waals surface area contributed by atoms with Gasteiger partial charge in [-0.2, -0.15) is 0 Å². The maximum atomic E-state index is 14.0. The molecule has 1 aliphatic heterocycles. The Labute approximate surface area is 164 Å². The Morgan fingerprint density at radius 3 is 2.76 bits per heavy atom. The summed E-state index contributed by atoms with van der Waals surface area (Å²) in [5.41, 5.74) is 0.690. The number of carbonyl (C=O) groups is 1. The van der Waals surface area contributed by atoms with Gasteiger partial charge in [0, 0.05) is 31.1 Å². The maximum absolute atomic E-state index is 14.0. The van der Waals surface area contributed by atoms with Crippen LogP contribution in [0, 0.1) is 17.5 Å². The zero-order chi connectivity index (χ0) is 20.4. The first-order valence-corrected chi connectivity index (χ1v) is 9.08. The van der Waals surface area contributed by atoms with Crippen LogP contribution in [0.4, 0.5) is 13.2 Å². The number of rotatable bonds is 5. The topological polar surface area (TPSA) is 55.6 Å². The third-order valence-electron chi connectivity index (χ3n) is 4.86. The lowest BCUT2D eigenvalue weighted by atomic mass is 9.98. The standard InChI is InChI=1S/C21H17F3N2O3/c22-14-5-6-20(18(24)9-14)28-12-15-10-19(25-29-15)21(27)26-8-7-13(11-26)16-3-1-2-4-17(16)23/h1-6,9-10,13H,7-8,11-12H2/t13-/m0/s1. The van der Waals surface area contributed by atoms with Gasteiger partial charge in [-0.15, -0.1) is 0 Å². The van der Waals surface area contributed by atoms with Crippen LogP contribution in [0.15, 0.2) is 53.1 Å². The summed E-state index contributed by atoms with van der Waals surface area (Å²) in [5, 5.41) is 3.75. The van der Waals surface area contributed by atoms with Gasteiger partial charge in [-0.25, -0.2) is 13.2 Å². The van der Waals surface area contributed by atoms with E-state index in [4.69, 9.17) is 9.26 Å². The Kier molecular flexibility index (Phi) is 5.24. The predicted octanol–water partition coefficient (Wildman–Crippen LogP) is 4.30. The van der Waals surface area contributed by atoms with Gasteiger partial charge in [0.15, 0.2) is 23.0 Å². The van der Waals surface area contributed by atoms with E-state index in [1.165, 1.54) is 18.2 Å². The molecule has 1 saturated heterocycles. The van der Waals surface area contributed by atoms with Crippen molar-refractivity contribution in [3.63, 3.8) is 0 Å². The van der Waals surface area contributed by atoms with Gasteiger partial charge in [-0.1, -0.05) is 23.4 Å². The molecule has 5 nitrogen and oxygen atoms in total. The number of carbonyl (C=O) groups excluding carboxylic acids is 1. The van der Waals surface area contributed by atoms with E-state index < -0.39 is 11.6 Å². The molecule has 0 bridgehead atoms. The number of benzene rings is 2. The molecule has 1 fully saturated rings. The molecule has 0 spiro atoms. The SMILES string of the molecule is O=C(c1cc(COc2ccc(F)cc2F)on1)N1CC[C@H](c2ccccc2F)C1. The van der Waals surface area contributed by atoms with Crippen molar-refractivity contribution in [2.75, 3.05) is 13.1 Å². The second-order valence-electron chi connectivity index (χ2n) is 6.80. The van der Waals surface area contributed by atoms with Crippen molar-refractivity contribution < 1.29 is 27.2 Å². The number of nitrogens with zero attached hydrogens (tertiary/aromatic N) is 2. The molecule has 8 heteroatoms. The molecule has 0 radical (unpaired) electrons. The first kappa shape index (κ1) is 19.0. The molecule has 1 atom stereocenters. The summed E-state index contributed by atoms with van der Waals surface area (Å²) >= 11 is 0. The largest absolute Gasteiger partial charge is 0.482 e. The van der Waals surface area contributed by atoms with Crippen LogP contribution in [-0.2, 0) is 6.61 Å². The number of hydrogen-bond acceptors (Lipinski definition) is 4. The normalized spacial score (nSPS) is 16.2. The highest BCUT2D eigenvalue weighted by Crippen LogP contribution is 2.29. The smallest absolute Gasteiger partial charge is 0.276 e. The fourth-order valence-corrected chi connectivity index (χ4v) is 3.39.